The van der Waals surface area contributed by atoms with Crippen LogP contribution in [0.4, 0.5) is 0 Å². The molecule has 1 atom stereocenters. The van der Waals surface area contributed by atoms with E-state index in [1.165, 1.54) is 0 Å². The lowest BCUT2D eigenvalue weighted by molar-refractivity contribution is -0.139. The van der Waals surface area contributed by atoms with Crippen LogP contribution in [0.2, 0.25) is 0 Å². The van der Waals surface area contributed by atoms with Crippen LogP contribution in [0.1, 0.15) is 18.1 Å². The van der Waals surface area contributed by atoms with Gasteiger partial charge in [0.15, 0.2) is 0 Å². The Morgan fingerprint density at radius 1 is 1.50 bits per heavy atom. The number of methoxy groups -OCH3 is 1. The molecule has 96 valence electrons. The molecular formula is C15H18O3. The van der Waals surface area contributed by atoms with E-state index in [0.29, 0.717) is 5.57 Å². The molecule has 0 saturated heterocycles. The van der Waals surface area contributed by atoms with E-state index in [-0.39, 0.29) is 0 Å². The summed E-state index contributed by atoms with van der Waals surface area (Å²) < 4.78 is 5.15. The number of carboxylic acids is 1. The third-order valence-electron chi connectivity index (χ3n) is 2.89. The van der Waals surface area contributed by atoms with Crippen LogP contribution in [-0.2, 0) is 4.79 Å². The summed E-state index contributed by atoms with van der Waals surface area (Å²) in [6.07, 6.45) is 3.60. The fourth-order valence-electron chi connectivity index (χ4n) is 1.42. The molecule has 0 fully saturated rings. The Bertz CT molecular complexity index is 487. The van der Waals surface area contributed by atoms with E-state index in [9.17, 15) is 4.79 Å². The lowest BCUT2D eigenvalue weighted by atomic mass is 10.0. The molecule has 0 radical (unpaired) electrons. The van der Waals surface area contributed by atoms with Gasteiger partial charge in [-0.25, -0.2) is 0 Å². The van der Waals surface area contributed by atoms with E-state index in [1.54, 1.807) is 20.1 Å². The first-order valence-corrected chi connectivity index (χ1v) is 5.70. The Labute approximate surface area is 107 Å². The summed E-state index contributed by atoms with van der Waals surface area (Å²) in [7, 11) is 1.61. The Kier molecular flexibility index (Phi) is 4.72. The summed E-state index contributed by atoms with van der Waals surface area (Å²) in [4.78, 5) is 10.8. The number of carbonyl (C=O) groups is 1. The molecule has 0 bridgehead atoms. The minimum atomic E-state index is -0.869. The van der Waals surface area contributed by atoms with Crippen molar-refractivity contribution in [1.29, 1.82) is 0 Å². The number of benzene rings is 1. The Hall–Kier alpha value is -2.03. The summed E-state index contributed by atoms with van der Waals surface area (Å²) in [6, 6.07) is 5.76. The van der Waals surface area contributed by atoms with E-state index in [0.717, 1.165) is 16.9 Å². The fraction of sp³-hybridized carbons (Fsp3) is 0.267. The first-order valence-electron chi connectivity index (χ1n) is 5.70. The standard InChI is InChI=1S/C15H18O3/c1-10(12(3)15(16)17)5-7-13-9-14(18-4)8-6-11(13)2/h5-9,12H,1H2,2-4H3,(H,16,17)/b7-5-. The van der Waals surface area contributed by atoms with Gasteiger partial charge < -0.3 is 9.84 Å². The smallest absolute Gasteiger partial charge is 0.310 e. The molecule has 1 aromatic carbocycles. The molecule has 0 aliphatic heterocycles. The van der Waals surface area contributed by atoms with Crippen LogP contribution in [-0.4, -0.2) is 18.2 Å². The second-order valence-corrected chi connectivity index (χ2v) is 4.19. The van der Waals surface area contributed by atoms with Crippen LogP contribution in [0.15, 0.2) is 36.4 Å². The molecular weight excluding hydrogens is 228 g/mol. The van der Waals surface area contributed by atoms with Gasteiger partial charge in [0, 0.05) is 0 Å². The van der Waals surface area contributed by atoms with Crippen LogP contribution in [0.5, 0.6) is 5.75 Å². The topological polar surface area (TPSA) is 46.5 Å². The normalized spacial score (nSPS) is 12.4. The van der Waals surface area contributed by atoms with Crippen molar-refractivity contribution in [2.45, 2.75) is 13.8 Å². The molecule has 1 unspecified atom stereocenters. The number of aryl methyl sites for hydroxylation is 1. The number of hydrogen-bond donors (Lipinski definition) is 1. The lowest BCUT2D eigenvalue weighted by Crippen LogP contribution is -2.10. The number of carboxylic acid groups (broad SMARTS) is 1. The number of ether oxygens (including phenoxy) is 1. The molecule has 3 nitrogen and oxygen atoms in total. The minimum absolute atomic E-state index is 0.574. The van der Waals surface area contributed by atoms with E-state index in [1.807, 2.05) is 31.2 Å². The molecule has 1 N–H and O–H groups in total. The van der Waals surface area contributed by atoms with Crippen molar-refractivity contribution in [3.05, 3.63) is 47.6 Å². The maximum absolute atomic E-state index is 10.8. The van der Waals surface area contributed by atoms with Gasteiger partial charge in [-0.2, -0.15) is 0 Å². The lowest BCUT2D eigenvalue weighted by Gasteiger charge is -2.07. The highest BCUT2D eigenvalue weighted by Crippen LogP contribution is 2.20. The summed E-state index contributed by atoms with van der Waals surface area (Å²) in [5.74, 6) is -0.670. The zero-order valence-corrected chi connectivity index (χ0v) is 10.9. The van der Waals surface area contributed by atoms with Crippen LogP contribution in [0, 0.1) is 12.8 Å². The summed E-state index contributed by atoms with van der Waals surface area (Å²) in [5.41, 5.74) is 2.67. The van der Waals surface area contributed by atoms with E-state index in [4.69, 9.17) is 9.84 Å². The molecule has 0 spiro atoms. The van der Waals surface area contributed by atoms with Crippen molar-refractivity contribution in [1.82, 2.24) is 0 Å². The monoisotopic (exact) mass is 246 g/mol. The molecule has 0 aliphatic rings. The highest BCUT2D eigenvalue weighted by atomic mass is 16.5. The Morgan fingerprint density at radius 2 is 2.17 bits per heavy atom. The van der Waals surface area contributed by atoms with E-state index >= 15 is 0 Å². The zero-order chi connectivity index (χ0) is 13.7. The average Bonchev–Trinajstić information content (AvgIpc) is 2.36. The Balaban J connectivity index is 2.90. The van der Waals surface area contributed by atoms with Gasteiger partial charge in [0.25, 0.3) is 0 Å². The fourth-order valence-corrected chi connectivity index (χ4v) is 1.42. The van der Waals surface area contributed by atoms with E-state index in [2.05, 4.69) is 6.58 Å². The number of allylic oxidation sites excluding steroid dienone is 1. The molecule has 1 rings (SSSR count). The number of hydrogen-bond acceptors (Lipinski definition) is 2. The molecule has 0 heterocycles. The van der Waals surface area contributed by atoms with Crippen LogP contribution in [0.25, 0.3) is 6.08 Å². The first-order chi connectivity index (χ1) is 8.45. The van der Waals surface area contributed by atoms with Gasteiger partial charge in [-0.3, -0.25) is 4.79 Å². The molecule has 18 heavy (non-hydrogen) atoms. The SMILES string of the molecule is C=C(/C=C\c1cc(OC)ccc1C)C(C)C(=O)O. The second-order valence-electron chi connectivity index (χ2n) is 4.19. The maximum Gasteiger partial charge on any atom is 0.310 e. The number of aliphatic carboxylic acids is 1. The summed E-state index contributed by atoms with van der Waals surface area (Å²) >= 11 is 0. The van der Waals surface area contributed by atoms with Crippen LogP contribution < -0.4 is 4.74 Å². The molecule has 3 heteroatoms. The van der Waals surface area contributed by atoms with Gasteiger partial charge in [0.05, 0.1) is 13.0 Å². The molecule has 0 saturated carbocycles. The zero-order valence-electron chi connectivity index (χ0n) is 10.9. The maximum atomic E-state index is 10.8. The summed E-state index contributed by atoms with van der Waals surface area (Å²) in [6.45, 7) is 7.37. The van der Waals surface area contributed by atoms with Gasteiger partial charge in [-0.1, -0.05) is 24.8 Å². The van der Waals surface area contributed by atoms with Gasteiger partial charge in [-0.05, 0) is 42.7 Å². The van der Waals surface area contributed by atoms with Gasteiger partial charge >= 0.3 is 5.97 Å². The highest BCUT2D eigenvalue weighted by Gasteiger charge is 2.12. The van der Waals surface area contributed by atoms with Crippen molar-refractivity contribution in [2.24, 2.45) is 5.92 Å². The first kappa shape index (κ1) is 14.0. The predicted molar refractivity (Wildman–Crippen MR) is 72.7 cm³/mol. The second kappa shape index (κ2) is 6.05. The molecule has 1 aromatic rings. The summed E-state index contributed by atoms with van der Waals surface area (Å²) in [5, 5.41) is 8.87. The predicted octanol–water partition coefficient (Wildman–Crippen LogP) is 3.29. The van der Waals surface area contributed by atoms with Gasteiger partial charge in [-0.15, -0.1) is 0 Å². The molecule has 0 amide bonds. The third-order valence-corrected chi connectivity index (χ3v) is 2.89. The number of rotatable bonds is 5. The molecule has 0 aromatic heterocycles. The van der Waals surface area contributed by atoms with Crippen molar-refractivity contribution >= 4 is 12.0 Å². The molecule has 0 aliphatic carbocycles. The Morgan fingerprint density at radius 3 is 2.72 bits per heavy atom. The quantitative estimate of drug-likeness (QED) is 0.811. The van der Waals surface area contributed by atoms with Gasteiger partial charge in [0.1, 0.15) is 5.75 Å². The largest absolute Gasteiger partial charge is 0.497 e. The van der Waals surface area contributed by atoms with E-state index < -0.39 is 11.9 Å². The van der Waals surface area contributed by atoms with Crippen molar-refractivity contribution < 1.29 is 14.6 Å². The van der Waals surface area contributed by atoms with Crippen molar-refractivity contribution in [2.75, 3.05) is 7.11 Å². The van der Waals surface area contributed by atoms with Crippen LogP contribution in [0.3, 0.4) is 0 Å². The average molecular weight is 246 g/mol. The minimum Gasteiger partial charge on any atom is -0.497 e. The highest BCUT2D eigenvalue weighted by molar-refractivity contribution is 5.74. The van der Waals surface area contributed by atoms with Crippen molar-refractivity contribution in [3.63, 3.8) is 0 Å². The van der Waals surface area contributed by atoms with Crippen molar-refractivity contribution in [3.8, 4) is 5.75 Å². The van der Waals surface area contributed by atoms with Crippen LogP contribution >= 0.6 is 0 Å². The third kappa shape index (κ3) is 3.48. The van der Waals surface area contributed by atoms with Gasteiger partial charge in [0.2, 0.25) is 0 Å².